The number of guanidine groups is 1. The van der Waals surface area contributed by atoms with Crippen molar-refractivity contribution < 1.29 is 0 Å². The van der Waals surface area contributed by atoms with E-state index in [9.17, 15) is 0 Å². The van der Waals surface area contributed by atoms with E-state index in [0.29, 0.717) is 5.41 Å². The van der Waals surface area contributed by atoms with Crippen LogP contribution in [0.25, 0.3) is 0 Å². The summed E-state index contributed by atoms with van der Waals surface area (Å²) < 4.78 is 0. The second kappa shape index (κ2) is 7.86. The molecule has 5 heteroatoms. The standard InChI is InChI=1S/C19H31N5/c1-3-19(9-6-10-19)15-23-18(20-2)22-14-16-7-8-17(21-13-16)24-11-4-5-12-24/h7-8,13H,3-6,9-12,14-15H2,1-2H3,(H2,20,22,23). The van der Waals surface area contributed by atoms with Gasteiger partial charge >= 0.3 is 0 Å². The lowest BCUT2D eigenvalue weighted by Gasteiger charge is -2.41. The molecule has 132 valence electrons. The van der Waals surface area contributed by atoms with Gasteiger partial charge in [-0.25, -0.2) is 4.98 Å². The quantitative estimate of drug-likeness (QED) is 0.622. The number of anilines is 1. The Morgan fingerprint density at radius 2 is 2.00 bits per heavy atom. The predicted molar refractivity (Wildman–Crippen MR) is 100 cm³/mol. The molecule has 1 aliphatic heterocycles. The van der Waals surface area contributed by atoms with Crippen LogP contribution in [0.4, 0.5) is 5.82 Å². The number of nitrogens with zero attached hydrogens (tertiary/aromatic N) is 3. The summed E-state index contributed by atoms with van der Waals surface area (Å²) in [6, 6.07) is 4.30. The van der Waals surface area contributed by atoms with Crippen LogP contribution in [0.1, 0.15) is 51.0 Å². The van der Waals surface area contributed by atoms with Crippen molar-refractivity contribution in [3.05, 3.63) is 23.9 Å². The fraction of sp³-hybridized carbons (Fsp3) is 0.684. The monoisotopic (exact) mass is 329 g/mol. The van der Waals surface area contributed by atoms with Gasteiger partial charge in [0.15, 0.2) is 5.96 Å². The van der Waals surface area contributed by atoms with Crippen LogP contribution >= 0.6 is 0 Å². The Kier molecular flexibility index (Phi) is 5.59. The van der Waals surface area contributed by atoms with Crippen LogP contribution in [-0.4, -0.2) is 37.6 Å². The van der Waals surface area contributed by atoms with E-state index in [2.05, 4.69) is 44.6 Å². The molecule has 2 N–H and O–H groups in total. The Morgan fingerprint density at radius 1 is 1.21 bits per heavy atom. The Hall–Kier alpha value is -1.78. The third-order valence-corrected chi connectivity index (χ3v) is 5.72. The molecule has 1 saturated carbocycles. The summed E-state index contributed by atoms with van der Waals surface area (Å²) in [5.41, 5.74) is 1.69. The summed E-state index contributed by atoms with van der Waals surface area (Å²) in [7, 11) is 1.84. The first kappa shape index (κ1) is 17.1. The van der Waals surface area contributed by atoms with E-state index in [4.69, 9.17) is 0 Å². The van der Waals surface area contributed by atoms with Crippen LogP contribution in [0.3, 0.4) is 0 Å². The van der Waals surface area contributed by atoms with Crippen molar-refractivity contribution in [2.24, 2.45) is 10.4 Å². The molecule has 2 fully saturated rings. The van der Waals surface area contributed by atoms with Gasteiger partial charge in [-0.15, -0.1) is 0 Å². The van der Waals surface area contributed by atoms with E-state index < -0.39 is 0 Å². The molecule has 0 unspecified atom stereocenters. The van der Waals surface area contributed by atoms with E-state index in [1.54, 1.807) is 0 Å². The van der Waals surface area contributed by atoms with Gasteiger partial charge in [0.25, 0.3) is 0 Å². The van der Waals surface area contributed by atoms with Crippen molar-refractivity contribution in [2.45, 2.75) is 52.0 Å². The zero-order valence-corrected chi connectivity index (χ0v) is 15.1. The Balaban J connectivity index is 1.46. The maximum absolute atomic E-state index is 4.61. The average Bonchev–Trinajstić information content (AvgIpc) is 3.12. The van der Waals surface area contributed by atoms with E-state index in [-0.39, 0.29) is 0 Å². The molecule has 5 nitrogen and oxygen atoms in total. The summed E-state index contributed by atoms with van der Waals surface area (Å²) in [6.45, 7) is 6.35. The van der Waals surface area contributed by atoms with Crippen LogP contribution in [0.15, 0.2) is 23.3 Å². The van der Waals surface area contributed by atoms with Gasteiger partial charge in [-0.3, -0.25) is 4.99 Å². The molecule has 1 saturated heterocycles. The van der Waals surface area contributed by atoms with Gasteiger partial charge in [0.05, 0.1) is 0 Å². The molecule has 2 aliphatic rings. The Bertz CT molecular complexity index is 536. The summed E-state index contributed by atoms with van der Waals surface area (Å²) in [5, 5.41) is 6.90. The van der Waals surface area contributed by atoms with E-state index in [0.717, 1.165) is 38.0 Å². The lowest BCUT2D eigenvalue weighted by Crippen LogP contribution is -2.46. The molecule has 1 aromatic rings. The molecule has 0 atom stereocenters. The number of hydrogen-bond acceptors (Lipinski definition) is 3. The molecular weight excluding hydrogens is 298 g/mol. The minimum atomic E-state index is 0.497. The zero-order valence-electron chi connectivity index (χ0n) is 15.1. The fourth-order valence-corrected chi connectivity index (χ4v) is 3.66. The van der Waals surface area contributed by atoms with E-state index in [1.165, 1.54) is 44.1 Å². The van der Waals surface area contributed by atoms with Crippen LogP contribution in [0.2, 0.25) is 0 Å². The minimum absolute atomic E-state index is 0.497. The van der Waals surface area contributed by atoms with Crippen molar-refractivity contribution in [3.63, 3.8) is 0 Å². The SMILES string of the molecule is CCC1(CNC(=NC)NCc2ccc(N3CCCC3)nc2)CCC1. The predicted octanol–water partition coefficient (Wildman–Crippen LogP) is 2.93. The zero-order chi connectivity index (χ0) is 16.8. The molecule has 24 heavy (non-hydrogen) atoms. The van der Waals surface area contributed by atoms with Crippen LogP contribution < -0.4 is 15.5 Å². The molecule has 1 aliphatic carbocycles. The number of rotatable bonds is 6. The van der Waals surface area contributed by atoms with Gasteiger partial charge in [-0.05, 0) is 49.1 Å². The van der Waals surface area contributed by atoms with Gasteiger partial charge in [0.1, 0.15) is 5.82 Å². The lowest BCUT2D eigenvalue weighted by molar-refractivity contribution is 0.131. The molecule has 2 heterocycles. The second-order valence-corrected chi connectivity index (χ2v) is 7.21. The van der Waals surface area contributed by atoms with Crippen LogP contribution in [0, 0.1) is 5.41 Å². The van der Waals surface area contributed by atoms with Crippen molar-refractivity contribution >= 4 is 11.8 Å². The highest BCUT2D eigenvalue weighted by Gasteiger charge is 2.34. The highest BCUT2D eigenvalue weighted by Crippen LogP contribution is 2.42. The first-order valence-electron chi connectivity index (χ1n) is 9.39. The topological polar surface area (TPSA) is 52.6 Å². The van der Waals surface area contributed by atoms with Gasteiger partial charge in [-0.1, -0.05) is 19.4 Å². The maximum atomic E-state index is 4.61. The number of aliphatic imine (C=N–C) groups is 1. The third-order valence-electron chi connectivity index (χ3n) is 5.72. The van der Waals surface area contributed by atoms with Gasteiger partial charge < -0.3 is 15.5 Å². The average molecular weight is 329 g/mol. The highest BCUT2D eigenvalue weighted by atomic mass is 15.2. The van der Waals surface area contributed by atoms with Crippen LogP contribution in [0.5, 0.6) is 0 Å². The molecule has 3 rings (SSSR count). The molecule has 0 aromatic carbocycles. The first-order valence-corrected chi connectivity index (χ1v) is 9.39. The van der Waals surface area contributed by atoms with Gasteiger partial charge in [0, 0.05) is 39.4 Å². The highest BCUT2D eigenvalue weighted by molar-refractivity contribution is 5.79. The minimum Gasteiger partial charge on any atom is -0.357 e. The molecule has 0 bridgehead atoms. The molecule has 0 spiro atoms. The fourth-order valence-electron chi connectivity index (χ4n) is 3.66. The van der Waals surface area contributed by atoms with Crippen molar-refractivity contribution in [1.29, 1.82) is 0 Å². The smallest absolute Gasteiger partial charge is 0.191 e. The van der Waals surface area contributed by atoms with Crippen LogP contribution in [-0.2, 0) is 6.54 Å². The largest absolute Gasteiger partial charge is 0.357 e. The summed E-state index contributed by atoms with van der Waals surface area (Å²) >= 11 is 0. The molecular formula is C19H31N5. The van der Waals surface area contributed by atoms with Gasteiger partial charge in [0.2, 0.25) is 0 Å². The van der Waals surface area contributed by atoms with E-state index >= 15 is 0 Å². The van der Waals surface area contributed by atoms with Crippen molar-refractivity contribution in [2.75, 3.05) is 31.6 Å². The van der Waals surface area contributed by atoms with Crippen molar-refractivity contribution in [3.8, 4) is 0 Å². The van der Waals surface area contributed by atoms with Gasteiger partial charge in [-0.2, -0.15) is 0 Å². The maximum Gasteiger partial charge on any atom is 0.191 e. The molecule has 0 radical (unpaired) electrons. The van der Waals surface area contributed by atoms with Crippen molar-refractivity contribution in [1.82, 2.24) is 15.6 Å². The number of nitrogens with one attached hydrogen (secondary N) is 2. The lowest BCUT2D eigenvalue weighted by atomic mass is 9.67. The molecule has 1 aromatic heterocycles. The third kappa shape index (κ3) is 4.00. The first-order chi connectivity index (χ1) is 11.7. The Morgan fingerprint density at radius 3 is 2.54 bits per heavy atom. The number of pyridine rings is 1. The summed E-state index contributed by atoms with van der Waals surface area (Å²) in [4.78, 5) is 11.3. The molecule has 0 amide bonds. The normalized spacial score (nSPS) is 19.9. The second-order valence-electron chi connectivity index (χ2n) is 7.21. The summed E-state index contributed by atoms with van der Waals surface area (Å²) in [6.07, 6.45) is 9.85. The summed E-state index contributed by atoms with van der Waals surface area (Å²) in [5.74, 6) is 1.99. The number of aromatic nitrogens is 1. The number of hydrogen-bond donors (Lipinski definition) is 2. The Labute approximate surface area is 146 Å². The van der Waals surface area contributed by atoms with E-state index in [1.807, 2.05) is 13.2 Å².